The lowest BCUT2D eigenvalue weighted by Crippen LogP contribution is -1.99. The van der Waals surface area contributed by atoms with E-state index in [9.17, 15) is 18.4 Å². The van der Waals surface area contributed by atoms with Gasteiger partial charge in [-0.15, -0.1) is 8.78 Å². The molecule has 4 nitrogen and oxygen atoms in total. The topological polar surface area (TPSA) is 52.6 Å². The lowest BCUT2D eigenvalue weighted by atomic mass is 10.2. The van der Waals surface area contributed by atoms with Crippen LogP contribution in [0.15, 0.2) is 0 Å². The highest BCUT2D eigenvalue weighted by molar-refractivity contribution is 5.58. The van der Waals surface area contributed by atoms with Gasteiger partial charge in [-0.05, 0) is 25.7 Å². The number of ether oxygens (including phenoxy) is 2. The van der Waals surface area contributed by atoms with Gasteiger partial charge >= 0.3 is 12.4 Å². The first kappa shape index (κ1) is 12.8. The molecule has 0 aliphatic carbocycles. The molecule has 0 heterocycles. The van der Waals surface area contributed by atoms with Crippen molar-refractivity contribution < 1.29 is 27.8 Å². The van der Waals surface area contributed by atoms with E-state index in [0.29, 0.717) is 25.7 Å². The fraction of sp³-hybridized carbons (Fsp3) is 0.750. The molecular weight excluding hydrogens is 198 g/mol. The highest BCUT2D eigenvalue weighted by atomic mass is 19.2. The van der Waals surface area contributed by atoms with Gasteiger partial charge in [0.2, 0.25) is 0 Å². The SMILES string of the molecule is O=C(F)OCCCCCCOC(=O)F. The maximum Gasteiger partial charge on any atom is 0.495 e. The lowest BCUT2D eigenvalue weighted by molar-refractivity contribution is 0.113. The first-order chi connectivity index (χ1) is 6.63. The highest BCUT2D eigenvalue weighted by Gasteiger charge is 1.98. The number of carbonyl (C=O) groups is 2. The zero-order valence-corrected chi connectivity index (χ0v) is 7.63. The second kappa shape index (κ2) is 8.40. The Kier molecular flexibility index (Phi) is 7.68. The van der Waals surface area contributed by atoms with Crippen molar-refractivity contribution in [2.45, 2.75) is 25.7 Å². The van der Waals surface area contributed by atoms with Crippen molar-refractivity contribution in [1.29, 1.82) is 0 Å². The average Bonchev–Trinajstić information content (AvgIpc) is 2.08. The zero-order valence-electron chi connectivity index (χ0n) is 7.63. The predicted octanol–water partition coefficient (Wildman–Crippen LogP) is 2.76. The summed E-state index contributed by atoms with van der Waals surface area (Å²) in [5.74, 6) is 0. The third-order valence-corrected chi connectivity index (χ3v) is 1.47. The molecule has 0 spiro atoms. The van der Waals surface area contributed by atoms with Gasteiger partial charge in [0.1, 0.15) is 0 Å². The molecule has 0 aliphatic rings. The minimum Gasteiger partial charge on any atom is -0.440 e. The molecule has 6 heteroatoms. The largest absolute Gasteiger partial charge is 0.495 e. The van der Waals surface area contributed by atoms with Gasteiger partial charge in [0.05, 0.1) is 13.2 Å². The van der Waals surface area contributed by atoms with Gasteiger partial charge in [-0.25, -0.2) is 9.59 Å². The summed E-state index contributed by atoms with van der Waals surface area (Å²) in [4.78, 5) is 19.3. The third-order valence-electron chi connectivity index (χ3n) is 1.47. The van der Waals surface area contributed by atoms with Crippen LogP contribution in [0.3, 0.4) is 0 Å². The molecule has 82 valence electrons. The Hall–Kier alpha value is -1.20. The third kappa shape index (κ3) is 10.8. The highest BCUT2D eigenvalue weighted by Crippen LogP contribution is 2.01. The van der Waals surface area contributed by atoms with Crippen LogP contribution < -0.4 is 0 Å². The number of hydrogen-bond donors (Lipinski definition) is 0. The lowest BCUT2D eigenvalue weighted by Gasteiger charge is -2.00. The van der Waals surface area contributed by atoms with Crippen molar-refractivity contribution in [3.8, 4) is 0 Å². The average molecular weight is 210 g/mol. The summed E-state index contributed by atoms with van der Waals surface area (Å²) in [6, 6.07) is 0. The number of halogens is 2. The maximum atomic E-state index is 11.5. The van der Waals surface area contributed by atoms with Crippen LogP contribution in [-0.4, -0.2) is 25.7 Å². The quantitative estimate of drug-likeness (QED) is 0.479. The van der Waals surface area contributed by atoms with E-state index in [2.05, 4.69) is 9.47 Å². The Balaban J connectivity index is 2.99. The van der Waals surface area contributed by atoms with E-state index in [0.717, 1.165) is 0 Å². The van der Waals surface area contributed by atoms with E-state index in [1.54, 1.807) is 0 Å². The van der Waals surface area contributed by atoms with Crippen molar-refractivity contribution in [1.82, 2.24) is 0 Å². The summed E-state index contributed by atoms with van der Waals surface area (Å²) in [6.45, 7) is 0.0798. The maximum absolute atomic E-state index is 11.5. The van der Waals surface area contributed by atoms with E-state index in [1.165, 1.54) is 0 Å². The molecular formula is C8H12F2O4. The molecule has 14 heavy (non-hydrogen) atoms. The van der Waals surface area contributed by atoms with Crippen LogP contribution in [-0.2, 0) is 9.47 Å². The molecule has 0 amide bonds. The predicted molar refractivity (Wildman–Crippen MR) is 43.4 cm³/mol. The summed E-state index contributed by atoms with van der Waals surface area (Å²) in [5.41, 5.74) is 0. The van der Waals surface area contributed by atoms with Crippen LogP contribution in [0, 0.1) is 0 Å². The first-order valence-corrected chi connectivity index (χ1v) is 4.27. The van der Waals surface area contributed by atoms with E-state index in [-0.39, 0.29) is 13.2 Å². The Morgan fingerprint density at radius 3 is 1.43 bits per heavy atom. The van der Waals surface area contributed by atoms with Gasteiger partial charge in [-0.1, -0.05) is 0 Å². The van der Waals surface area contributed by atoms with Crippen molar-refractivity contribution in [3.05, 3.63) is 0 Å². The summed E-state index contributed by atoms with van der Waals surface area (Å²) >= 11 is 0. The molecule has 0 aromatic heterocycles. The van der Waals surface area contributed by atoms with Crippen LogP contribution in [0.25, 0.3) is 0 Å². The fourth-order valence-corrected chi connectivity index (χ4v) is 0.863. The van der Waals surface area contributed by atoms with Crippen molar-refractivity contribution in [2.75, 3.05) is 13.2 Å². The Bertz CT molecular complexity index is 164. The normalized spacial score (nSPS) is 9.57. The van der Waals surface area contributed by atoms with Crippen LogP contribution in [0.5, 0.6) is 0 Å². The van der Waals surface area contributed by atoms with Gasteiger partial charge in [0.15, 0.2) is 0 Å². The molecule has 0 N–H and O–H groups in total. The minimum absolute atomic E-state index is 0.0399. The second-order valence-corrected chi connectivity index (χ2v) is 2.59. The van der Waals surface area contributed by atoms with E-state index >= 15 is 0 Å². The molecule has 0 aromatic rings. The molecule has 0 bridgehead atoms. The summed E-state index contributed by atoms with van der Waals surface area (Å²) < 4.78 is 31.0. The van der Waals surface area contributed by atoms with Gasteiger partial charge in [-0.2, -0.15) is 0 Å². The zero-order chi connectivity index (χ0) is 10.8. The molecule has 0 radical (unpaired) electrons. The Morgan fingerprint density at radius 2 is 1.14 bits per heavy atom. The number of rotatable bonds is 7. The molecule has 0 atom stereocenters. The van der Waals surface area contributed by atoms with Gasteiger partial charge in [-0.3, -0.25) is 0 Å². The number of unbranched alkanes of at least 4 members (excludes halogenated alkanes) is 3. The number of hydrogen-bond acceptors (Lipinski definition) is 4. The summed E-state index contributed by atoms with van der Waals surface area (Å²) in [7, 11) is 0. The van der Waals surface area contributed by atoms with Gasteiger partial charge in [0.25, 0.3) is 0 Å². The van der Waals surface area contributed by atoms with Crippen LogP contribution >= 0.6 is 0 Å². The molecule has 0 aliphatic heterocycles. The smallest absolute Gasteiger partial charge is 0.440 e. The standard InChI is InChI=1S/C8H12F2O4/c9-7(11)13-5-3-1-2-4-6-14-8(10)12/h1-6H2. The monoisotopic (exact) mass is 210 g/mol. The van der Waals surface area contributed by atoms with Crippen molar-refractivity contribution in [2.24, 2.45) is 0 Å². The van der Waals surface area contributed by atoms with Gasteiger partial charge in [0, 0.05) is 0 Å². The molecule has 0 unspecified atom stereocenters. The van der Waals surface area contributed by atoms with Gasteiger partial charge < -0.3 is 9.47 Å². The van der Waals surface area contributed by atoms with E-state index < -0.39 is 12.4 Å². The molecule has 0 rings (SSSR count). The fourth-order valence-electron chi connectivity index (χ4n) is 0.863. The molecule has 0 aromatic carbocycles. The molecule has 0 saturated heterocycles. The summed E-state index contributed by atoms with van der Waals surface area (Å²) in [6.07, 6.45) is -1.07. The molecule has 0 fully saturated rings. The van der Waals surface area contributed by atoms with Crippen LogP contribution in [0.2, 0.25) is 0 Å². The Morgan fingerprint density at radius 1 is 0.786 bits per heavy atom. The summed E-state index contributed by atoms with van der Waals surface area (Å²) in [5, 5.41) is 0. The number of carbonyl (C=O) groups excluding carboxylic acids is 2. The van der Waals surface area contributed by atoms with Crippen molar-refractivity contribution >= 4 is 12.4 Å². The Labute approximate surface area is 80.2 Å². The second-order valence-electron chi connectivity index (χ2n) is 2.59. The van der Waals surface area contributed by atoms with Crippen LogP contribution in [0.4, 0.5) is 18.4 Å². The first-order valence-electron chi connectivity index (χ1n) is 4.27. The molecule has 0 saturated carbocycles. The minimum atomic E-state index is -1.78. The van der Waals surface area contributed by atoms with E-state index in [1.807, 2.05) is 0 Å². The van der Waals surface area contributed by atoms with Crippen LogP contribution in [0.1, 0.15) is 25.7 Å². The van der Waals surface area contributed by atoms with Crippen molar-refractivity contribution in [3.63, 3.8) is 0 Å². The van der Waals surface area contributed by atoms with E-state index in [4.69, 9.17) is 0 Å².